The highest BCUT2D eigenvalue weighted by atomic mass is 32.1. The predicted octanol–water partition coefficient (Wildman–Crippen LogP) is 3.27. The van der Waals surface area contributed by atoms with E-state index >= 15 is 0 Å². The zero-order chi connectivity index (χ0) is 15.5. The molecule has 1 saturated carbocycles. The number of carbonyl (C=O) groups excluding carboxylic acids is 1. The molecule has 0 spiro atoms. The predicted molar refractivity (Wildman–Crippen MR) is 73.8 cm³/mol. The third kappa shape index (κ3) is 4.44. The summed E-state index contributed by atoms with van der Waals surface area (Å²) < 4.78 is 37.6. The standard InChI is InChI=1S/C14H18F3NO2S/c15-14(16,17)11-3-1-9(2-4-11)13(20)18-7-12(19)10-5-6-21-8-10/h5-6,8-9,11-12,19H,1-4,7H2,(H,18,20). The van der Waals surface area contributed by atoms with Gasteiger partial charge < -0.3 is 10.4 Å². The van der Waals surface area contributed by atoms with Crippen LogP contribution in [0.3, 0.4) is 0 Å². The summed E-state index contributed by atoms with van der Waals surface area (Å²) in [6.45, 7) is 0.0920. The average Bonchev–Trinajstić information content (AvgIpc) is 2.98. The van der Waals surface area contributed by atoms with Gasteiger partial charge in [-0.05, 0) is 48.1 Å². The highest BCUT2D eigenvalue weighted by Crippen LogP contribution is 2.39. The Morgan fingerprint density at radius 2 is 2.05 bits per heavy atom. The van der Waals surface area contributed by atoms with E-state index in [2.05, 4.69) is 5.32 Å². The molecule has 118 valence electrons. The van der Waals surface area contributed by atoms with Crippen LogP contribution in [-0.2, 0) is 4.79 Å². The smallest absolute Gasteiger partial charge is 0.387 e. The van der Waals surface area contributed by atoms with Crippen LogP contribution in [0.15, 0.2) is 16.8 Å². The lowest BCUT2D eigenvalue weighted by atomic mass is 9.81. The number of amides is 1. The van der Waals surface area contributed by atoms with Crippen molar-refractivity contribution in [3.63, 3.8) is 0 Å². The Balaban J connectivity index is 1.75. The van der Waals surface area contributed by atoms with Crippen molar-refractivity contribution in [2.75, 3.05) is 6.54 Å². The lowest BCUT2D eigenvalue weighted by molar-refractivity contribution is -0.184. The molecular weight excluding hydrogens is 303 g/mol. The number of aliphatic hydroxyl groups excluding tert-OH is 1. The van der Waals surface area contributed by atoms with Crippen LogP contribution in [0.1, 0.15) is 37.4 Å². The van der Waals surface area contributed by atoms with E-state index < -0.39 is 18.2 Å². The van der Waals surface area contributed by atoms with Crippen LogP contribution < -0.4 is 5.32 Å². The number of hydrogen-bond donors (Lipinski definition) is 2. The summed E-state index contributed by atoms with van der Waals surface area (Å²) in [5.74, 6) is -1.92. The van der Waals surface area contributed by atoms with E-state index in [0.717, 1.165) is 5.56 Å². The van der Waals surface area contributed by atoms with Gasteiger partial charge in [0, 0.05) is 12.5 Å². The number of thiophene rings is 1. The first-order valence-electron chi connectivity index (χ1n) is 6.92. The van der Waals surface area contributed by atoms with Crippen molar-refractivity contribution >= 4 is 17.2 Å². The van der Waals surface area contributed by atoms with Crippen molar-refractivity contribution < 1.29 is 23.1 Å². The molecule has 1 aliphatic rings. The summed E-state index contributed by atoms with van der Waals surface area (Å²) in [6.07, 6.45) is -4.40. The van der Waals surface area contributed by atoms with Gasteiger partial charge in [0.15, 0.2) is 0 Å². The third-order valence-corrected chi connectivity index (χ3v) is 4.66. The molecule has 1 atom stereocenters. The molecule has 7 heteroatoms. The molecule has 1 aromatic heterocycles. The zero-order valence-corrected chi connectivity index (χ0v) is 12.2. The molecule has 0 aliphatic heterocycles. The van der Waals surface area contributed by atoms with Crippen LogP contribution in [0.4, 0.5) is 13.2 Å². The summed E-state index contributed by atoms with van der Waals surface area (Å²) in [6, 6.07) is 1.77. The first-order valence-corrected chi connectivity index (χ1v) is 7.86. The van der Waals surface area contributed by atoms with Gasteiger partial charge >= 0.3 is 6.18 Å². The molecule has 2 N–H and O–H groups in total. The molecule has 1 aromatic rings. The van der Waals surface area contributed by atoms with E-state index in [1.54, 1.807) is 11.4 Å². The molecule has 0 radical (unpaired) electrons. The van der Waals surface area contributed by atoms with Crippen LogP contribution in [-0.4, -0.2) is 23.7 Å². The SMILES string of the molecule is O=C(NCC(O)c1ccsc1)C1CCC(C(F)(F)F)CC1. The van der Waals surface area contributed by atoms with Gasteiger partial charge in [0.25, 0.3) is 0 Å². The van der Waals surface area contributed by atoms with Crippen molar-refractivity contribution in [1.82, 2.24) is 5.32 Å². The summed E-state index contributed by atoms with van der Waals surface area (Å²) in [5.41, 5.74) is 0.737. The first kappa shape index (κ1) is 16.3. The molecule has 1 fully saturated rings. The normalized spacial score (nSPS) is 24.6. The second kappa shape index (κ2) is 6.79. The van der Waals surface area contributed by atoms with Gasteiger partial charge in [0.1, 0.15) is 0 Å². The number of alkyl halides is 3. The first-order chi connectivity index (χ1) is 9.88. The minimum Gasteiger partial charge on any atom is -0.387 e. The summed E-state index contributed by atoms with van der Waals surface area (Å²) >= 11 is 1.45. The summed E-state index contributed by atoms with van der Waals surface area (Å²) in [7, 11) is 0. The van der Waals surface area contributed by atoms with E-state index in [0.29, 0.717) is 0 Å². The minimum absolute atomic E-state index is 0.00860. The van der Waals surface area contributed by atoms with Gasteiger partial charge in [-0.3, -0.25) is 4.79 Å². The fourth-order valence-corrected chi connectivity index (χ4v) is 3.31. The third-order valence-electron chi connectivity index (χ3n) is 3.96. The van der Waals surface area contributed by atoms with Crippen LogP contribution in [0.25, 0.3) is 0 Å². The Labute approximate surface area is 125 Å². The van der Waals surface area contributed by atoms with Crippen LogP contribution in [0.5, 0.6) is 0 Å². The van der Waals surface area contributed by atoms with Crippen LogP contribution in [0, 0.1) is 11.8 Å². The van der Waals surface area contributed by atoms with Crippen molar-refractivity contribution in [3.8, 4) is 0 Å². The Morgan fingerprint density at radius 3 is 2.57 bits per heavy atom. The Hall–Kier alpha value is -1.08. The molecule has 1 amide bonds. The number of nitrogens with one attached hydrogen (secondary N) is 1. The maximum absolute atomic E-state index is 12.5. The maximum atomic E-state index is 12.5. The van der Waals surface area contributed by atoms with E-state index in [1.807, 2.05) is 5.38 Å². The van der Waals surface area contributed by atoms with Gasteiger partial charge in [0.2, 0.25) is 5.91 Å². The molecule has 0 aromatic carbocycles. The van der Waals surface area contributed by atoms with E-state index in [4.69, 9.17) is 0 Å². The van der Waals surface area contributed by atoms with Crippen LogP contribution in [0.2, 0.25) is 0 Å². The monoisotopic (exact) mass is 321 g/mol. The minimum atomic E-state index is -4.16. The average molecular weight is 321 g/mol. The highest BCUT2D eigenvalue weighted by molar-refractivity contribution is 7.07. The summed E-state index contributed by atoms with van der Waals surface area (Å²) in [5, 5.41) is 16.1. The van der Waals surface area contributed by atoms with Crippen molar-refractivity contribution in [2.24, 2.45) is 11.8 Å². The number of aliphatic hydroxyl groups is 1. The van der Waals surface area contributed by atoms with Crippen molar-refractivity contribution in [3.05, 3.63) is 22.4 Å². The number of rotatable bonds is 4. The fourth-order valence-electron chi connectivity index (χ4n) is 2.61. The Bertz CT molecular complexity index is 453. The second-order valence-corrected chi connectivity index (χ2v) is 6.19. The van der Waals surface area contributed by atoms with Crippen LogP contribution >= 0.6 is 11.3 Å². The summed E-state index contributed by atoms with van der Waals surface area (Å²) in [4.78, 5) is 11.9. The molecule has 1 heterocycles. The molecule has 1 unspecified atom stereocenters. The largest absolute Gasteiger partial charge is 0.391 e. The Morgan fingerprint density at radius 1 is 1.38 bits per heavy atom. The molecule has 3 nitrogen and oxygen atoms in total. The van der Waals surface area contributed by atoms with Crippen molar-refractivity contribution in [1.29, 1.82) is 0 Å². The quantitative estimate of drug-likeness (QED) is 0.894. The molecule has 1 aliphatic carbocycles. The van der Waals surface area contributed by atoms with Gasteiger partial charge in [-0.2, -0.15) is 24.5 Å². The maximum Gasteiger partial charge on any atom is 0.391 e. The highest BCUT2D eigenvalue weighted by Gasteiger charge is 2.42. The van der Waals surface area contributed by atoms with Gasteiger partial charge in [-0.25, -0.2) is 0 Å². The zero-order valence-electron chi connectivity index (χ0n) is 11.4. The van der Waals surface area contributed by atoms with E-state index in [9.17, 15) is 23.1 Å². The van der Waals surface area contributed by atoms with E-state index in [1.165, 1.54) is 11.3 Å². The topological polar surface area (TPSA) is 49.3 Å². The second-order valence-electron chi connectivity index (χ2n) is 5.41. The van der Waals surface area contributed by atoms with Gasteiger partial charge in [0.05, 0.1) is 12.0 Å². The number of carbonyl (C=O) groups is 1. The van der Waals surface area contributed by atoms with Gasteiger partial charge in [-0.15, -0.1) is 0 Å². The van der Waals surface area contributed by atoms with Crippen molar-refractivity contribution in [2.45, 2.75) is 38.0 Å². The lowest BCUT2D eigenvalue weighted by Crippen LogP contribution is -2.37. The number of hydrogen-bond acceptors (Lipinski definition) is 3. The van der Waals surface area contributed by atoms with Gasteiger partial charge in [-0.1, -0.05) is 0 Å². The Kier molecular flexibility index (Phi) is 5.27. The molecular formula is C14H18F3NO2S. The molecule has 0 bridgehead atoms. The van der Waals surface area contributed by atoms with E-state index in [-0.39, 0.29) is 44.1 Å². The lowest BCUT2D eigenvalue weighted by Gasteiger charge is -2.29. The molecule has 2 rings (SSSR count). The fraction of sp³-hybridized carbons (Fsp3) is 0.643. The number of halogens is 3. The molecule has 21 heavy (non-hydrogen) atoms. The molecule has 0 saturated heterocycles.